The third-order valence-corrected chi connectivity index (χ3v) is 4.25. The van der Waals surface area contributed by atoms with Crippen LogP contribution >= 0.6 is 0 Å². The van der Waals surface area contributed by atoms with Crippen molar-refractivity contribution >= 4 is 5.91 Å². The maximum absolute atomic E-state index is 12.2. The quantitative estimate of drug-likeness (QED) is 0.724. The minimum absolute atomic E-state index is 0.162. The summed E-state index contributed by atoms with van der Waals surface area (Å²) in [6.45, 7) is 8.56. The zero-order valence-electron chi connectivity index (χ0n) is 11.4. The predicted molar refractivity (Wildman–Crippen MR) is 70.3 cm³/mol. The van der Waals surface area contributed by atoms with Crippen LogP contribution in [0.2, 0.25) is 0 Å². The monoisotopic (exact) mass is 255 g/mol. The maximum Gasteiger partial charge on any atom is 0.239 e. The summed E-state index contributed by atoms with van der Waals surface area (Å²) < 4.78 is 0. The average molecular weight is 255 g/mol. The fraction of sp³-hybridized carbons (Fsp3) is 0.923. The number of carbonyl (C=O) groups excluding carboxylic acids is 1. The van der Waals surface area contributed by atoms with Crippen molar-refractivity contribution in [2.24, 2.45) is 0 Å². The number of amides is 1. The first-order valence-electron chi connectivity index (χ1n) is 7.06. The molecule has 5 nitrogen and oxygen atoms in total. The summed E-state index contributed by atoms with van der Waals surface area (Å²) >= 11 is 0. The van der Waals surface area contributed by atoms with Gasteiger partial charge in [-0.25, -0.2) is 0 Å². The molecule has 0 spiro atoms. The predicted octanol–water partition coefficient (Wildman–Crippen LogP) is -0.348. The molecule has 0 saturated carbocycles. The van der Waals surface area contributed by atoms with Crippen molar-refractivity contribution in [1.29, 1.82) is 0 Å². The Morgan fingerprint density at radius 3 is 2.56 bits per heavy atom. The Balaban J connectivity index is 1.80. The van der Waals surface area contributed by atoms with Gasteiger partial charge < -0.3 is 15.3 Å². The van der Waals surface area contributed by atoms with E-state index in [9.17, 15) is 9.90 Å². The molecule has 3 unspecified atom stereocenters. The molecule has 0 aromatic rings. The lowest BCUT2D eigenvalue weighted by Gasteiger charge is -2.38. The van der Waals surface area contributed by atoms with E-state index in [-0.39, 0.29) is 18.1 Å². The Morgan fingerprint density at radius 2 is 2.06 bits per heavy atom. The molecule has 0 aromatic carbocycles. The van der Waals surface area contributed by atoms with Crippen LogP contribution in [0.5, 0.6) is 0 Å². The van der Waals surface area contributed by atoms with Crippen LogP contribution in [0.25, 0.3) is 0 Å². The van der Waals surface area contributed by atoms with Gasteiger partial charge in [0.15, 0.2) is 0 Å². The van der Waals surface area contributed by atoms with Crippen molar-refractivity contribution in [2.75, 3.05) is 32.7 Å². The van der Waals surface area contributed by atoms with Gasteiger partial charge in [-0.2, -0.15) is 0 Å². The van der Waals surface area contributed by atoms with Gasteiger partial charge in [-0.1, -0.05) is 6.92 Å². The largest absolute Gasteiger partial charge is 0.392 e. The van der Waals surface area contributed by atoms with E-state index in [1.54, 1.807) is 0 Å². The fourth-order valence-electron chi connectivity index (χ4n) is 2.77. The number of aliphatic hydroxyl groups is 1. The lowest BCUT2D eigenvalue weighted by Crippen LogP contribution is -2.54. The number of nitrogens with zero attached hydrogens (tertiary/aromatic N) is 2. The van der Waals surface area contributed by atoms with Crippen LogP contribution < -0.4 is 5.32 Å². The summed E-state index contributed by atoms with van der Waals surface area (Å²) in [7, 11) is 0. The Labute approximate surface area is 109 Å². The van der Waals surface area contributed by atoms with Crippen molar-refractivity contribution in [2.45, 2.75) is 44.9 Å². The molecule has 0 aromatic heterocycles. The highest BCUT2D eigenvalue weighted by atomic mass is 16.3. The van der Waals surface area contributed by atoms with E-state index in [1.165, 1.54) is 0 Å². The van der Waals surface area contributed by atoms with Crippen molar-refractivity contribution < 1.29 is 9.90 Å². The van der Waals surface area contributed by atoms with E-state index < -0.39 is 0 Å². The molecule has 0 radical (unpaired) electrons. The number of hydrogen-bond acceptors (Lipinski definition) is 4. The zero-order valence-corrected chi connectivity index (χ0v) is 11.4. The second-order valence-corrected chi connectivity index (χ2v) is 5.47. The molecular formula is C13H25N3O2. The van der Waals surface area contributed by atoms with Crippen LogP contribution in [-0.4, -0.2) is 71.7 Å². The molecule has 3 atom stereocenters. The third-order valence-electron chi connectivity index (χ3n) is 4.25. The topological polar surface area (TPSA) is 55.8 Å². The first-order chi connectivity index (χ1) is 8.61. The molecule has 2 saturated heterocycles. The highest BCUT2D eigenvalue weighted by Crippen LogP contribution is 2.13. The van der Waals surface area contributed by atoms with Crippen LogP contribution in [0, 0.1) is 0 Å². The fourth-order valence-corrected chi connectivity index (χ4v) is 2.77. The summed E-state index contributed by atoms with van der Waals surface area (Å²) in [4.78, 5) is 16.6. The molecule has 5 heteroatoms. The first kappa shape index (κ1) is 13.8. The lowest BCUT2D eigenvalue weighted by atomic mass is 10.1. The highest BCUT2D eigenvalue weighted by Gasteiger charge is 2.33. The molecule has 2 rings (SSSR count). The molecule has 2 aliphatic heterocycles. The van der Waals surface area contributed by atoms with Crippen LogP contribution in [0.3, 0.4) is 0 Å². The number of aliphatic hydroxyl groups excluding tert-OH is 1. The lowest BCUT2D eigenvalue weighted by molar-refractivity contribution is -0.135. The minimum atomic E-state index is -0.361. The summed E-state index contributed by atoms with van der Waals surface area (Å²) in [5, 5.41) is 12.5. The van der Waals surface area contributed by atoms with Gasteiger partial charge in [0.25, 0.3) is 0 Å². The van der Waals surface area contributed by atoms with E-state index in [2.05, 4.69) is 24.1 Å². The Morgan fingerprint density at radius 1 is 1.39 bits per heavy atom. The molecule has 2 heterocycles. The Bertz CT molecular complexity index is 290. The maximum atomic E-state index is 12.2. The second-order valence-electron chi connectivity index (χ2n) is 5.47. The van der Waals surface area contributed by atoms with E-state index in [0.717, 1.165) is 32.6 Å². The smallest absolute Gasteiger partial charge is 0.239 e. The highest BCUT2D eigenvalue weighted by molar-refractivity contribution is 5.82. The van der Waals surface area contributed by atoms with E-state index in [1.807, 2.05) is 4.90 Å². The van der Waals surface area contributed by atoms with E-state index in [4.69, 9.17) is 0 Å². The van der Waals surface area contributed by atoms with Crippen molar-refractivity contribution in [3.8, 4) is 0 Å². The number of β-amino-alcohol motifs (C(OH)–C–C–N with tert-alkyl or cyclic N) is 1. The molecular weight excluding hydrogens is 230 g/mol. The van der Waals surface area contributed by atoms with Crippen LogP contribution in [0.15, 0.2) is 0 Å². The number of nitrogens with one attached hydrogen (secondary N) is 1. The van der Waals surface area contributed by atoms with Gasteiger partial charge in [0.2, 0.25) is 5.91 Å². The van der Waals surface area contributed by atoms with Crippen molar-refractivity contribution in [3.63, 3.8) is 0 Å². The third kappa shape index (κ3) is 3.02. The molecule has 2 aliphatic rings. The molecule has 1 amide bonds. The van der Waals surface area contributed by atoms with Crippen molar-refractivity contribution in [3.05, 3.63) is 0 Å². The number of piperazine rings is 1. The van der Waals surface area contributed by atoms with Gasteiger partial charge in [0, 0.05) is 38.8 Å². The van der Waals surface area contributed by atoms with Gasteiger partial charge in [0.05, 0.1) is 12.1 Å². The Hall–Kier alpha value is -0.650. The van der Waals surface area contributed by atoms with Gasteiger partial charge >= 0.3 is 0 Å². The van der Waals surface area contributed by atoms with Gasteiger partial charge in [-0.05, 0) is 19.8 Å². The summed E-state index contributed by atoms with van der Waals surface area (Å²) in [5.41, 5.74) is 0. The zero-order chi connectivity index (χ0) is 13.1. The normalized spacial score (nSPS) is 31.6. The van der Waals surface area contributed by atoms with Gasteiger partial charge in [0.1, 0.15) is 0 Å². The standard InChI is InChI=1S/C13H25N3O2/c1-3-10(2)15-4-6-16(7-5-15)13(18)12-8-11(17)9-14-12/h10-12,14,17H,3-9H2,1-2H3. The van der Waals surface area contributed by atoms with Gasteiger partial charge in [-0.15, -0.1) is 0 Å². The summed E-state index contributed by atoms with van der Waals surface area (Å²) in [6.07, 6.45) is 1.36. The molecule has 2 fully saturated rings. The van der Waals surface area contributed by atoms with E-state index >= 15 is 0 Å². The summed E-state index contributed by atoms with van der Waals surface area (Å²) in [6, 6.07) is 0.434. The van der Waals surface area contributed by atoms with Crippen molar-refractivity contribution in [1.82, 2.24) is 15.1 Å². The average Bonchev–Trinajstić information content (AvgIpc) is 2.84. The molecule has 2 N–H and O–H groups in total. The van der Waals surface area contributed by atoms with Gasteiger partial charge in [-0.3, -0.25) is 9.69 Å². The van der Waals surface area contributed by atoms with Crippen LogP contribution in [0.4, 0.5) is 0 Å². The minimum Gasteiger partial charge on any atom is -0.392 e. The SMILES string of the molecule is CCC(C)N1CCN(C(=O)C2CC(O)CN2)CC1. The molecule has 0 aliphatic carbocycles. The van der Waals surface area contributed by atoms with Crippen LogP contribution in [-0.2, 0) is 4.79 Å². The molecule has 18 heavy (non-hydrogen) atoms. The number of hydrogen-bond donors (Lipinski definition) is 2. The first-order valence-corrected chi connectivity index (χ1v) is 7.06. The Kier molecular flexibility index (Phi) is 4.59. The molecule has 104 valence electrons. The number of rotatable bonds is 3. The van der Waals surface area contributed by atoms with Crippen LogP contribution in [0.1, 0.15) is 26.7 Å². The van der Waals surface area contributed by atoms with E-state index in [0.29, 0.717) is 19.0 Å². The second kappa shape index (κ2) is 5.99. The summed E-state index contributed by atoms with van der Waals surface area (Å²) in [5.74, 6) is 0.162. The molecule has 0 bridgehead atoms. The number of carbonyl (C=O) groups is 1.